The highest BCUT2D eigenvalue weighted by atomic mass is 16.5. The molecule has 0 spiro atoms. The van der Waals surface area contributed by atoms with Crippen LogP contribution in [0.3, 0.4) is 0 Å². The summed E-state index contributed by atoms with van der Waals surface area (Å²) >= 11 is 0. The highest BCUT2D eigenvalue weighted by molar-refractivity contribution is 5.90. The van der Waals surface area contributed by atoms with Crippen LogP contribution in [0.15, 0.2) is 30.7 Å². The smallest absolute Gasteiger partial charge is 0.322 e. The number of nitrogens with zero attached hydrogens (tertiary/aromatic N) is 3. The number of rotatable bonds is 4. The second kappa shape index (κ2) is 7.33. The molecule has 128 valence electrons. The monoisotopic (exact) mass is 329 g/mol. The van der Waals surface area contributed by atoms with Crippen molar-refractivity contribution in [3.8, 4) is 5.88 Å². The number of carbonyl (C=O) groups is 1. The van der Waals surface area contributed by atoms with Crippen molar-refractivity contribution in [2.45, 2.75) is 45.3 Å². The zero-order valence-electron chi connectivity index (χ0n) is 14.0. The zero-order chi connectivity index (χ0) is 16.9. The number of carbonyl (C=O) groups excluding carboxylic acids is 1. The van der Waals surface area contributed by atoms with Crippen LogP contribution < -0.4 is 10.1 Å². The van der Waals surface area contributed by atoms with E-state index in [0.717, 1.165) is 25.1 Å². The van der Waals surface area contributed by atoms with Crippen LogP contribution in [0.2, 0.25) is 0 Å². The van der Waals surface area contributed by atoms with Gasteiger partial charge in [0.05, 0.1) is 12.1 Å². The third-order valence-corrected chi connectivity index (χ3v) is 3.96. The lowest BCUT2D eigenvalue weighted by Gasteiger charge is -2.34. The molecule has 0 radical (unpaired) electrons. The number of anilines is 1. The van der Waals surface area contributed by atoms with E-state index in [1.165, 1.54) is 0 Å². The van der Waals surface area contributed by atoms with Gasteiger partial charge in [-0.3, -0.25) is 0 Å². The molecular weight excluding hydrogens is 306 g/mol. The molecule has 2 aromatic rings. The van der Waals surface area contributed by atoms with Crippen LogP contribution >= 0.6 is 0 Å². The highest BCUT2D eigenvalue weighted by Crippen LogP contribution is 2.30. The molecule has 24 heavy (non-hydrogen) atoms. The third kappa shape index (κ3) is 3.67. The van der Waals surface area contributed by atoms with E-state index in [1.807, 2.05) is 18.7 Å². The average Bonchev–Trinajstić information content (AvgIpc) is 3.10. The van der Waals surface area contributed by atoms with Crippen molar-refractivity contribution < 1.29 is 9.53 Å². The van der Waals surface area contributed by atoms with E-state index in [-0.39, 0.29) is 18.2 Å². The summed E-state index contributed by atoms with van der Waals surface area (Å²) in [4.78, 5) is 26.3. The minimum Gasteiger partial charge on any atom is -0.473 e. The molecule has 1 saturated heterocycles. The maximum Gasteiger partial charge on any atom is 0.322 e. The van der Waals surface area contributed by atoms with Gasteiger partial charge >= 0.3 is 6.03 Å². The number of urea groups is 1. The number of imidazole rings is 1. The number of nitrogens with one attached hydrogen (secondary N) is 2. The fourth-order valence-corrected chi connectivity index (χ4v) is 2.91. The largest absolute Gasteiger partial charge is 0.473 e. The Morgan fingerprint density at radius 3 is 3.00 bits per heavy atom. The molecule has 2 N–H and O–H groups in total. The molecule has 0 saturated carbocycles. The van der Waals surface area contributed by atoms with Crippen molar-refractivity contribution in [3.05, 3.63) is 36.5 Å². The predicted molar refractivity (Wildman–Crippen MR) is 90.9 cm³/mol. The molecule has 3 heterocycles. The van der Waals surface area contributed by atoms with Gasteiger partial charge in [-0.15, -0.1) is 0 Å². The van der Waals surface area contributed by atoms with Crippen LogP contribution in [0.5, 0.6) is 5.88 Å². The molecular formula is C17H23N5O2. The Balaban J connectivity index is 1.76. The number of likely N-dealkylation sites (tertiary alicyclic amines) is 1. The summed E-state index contributed by atoms with van der Waals surface area (Å²) in [5.74, 6) is 1.27. The predicted octanol–water partition coefficient (Wildman–Crippen LogP) is 3.35. The number of hydrogen-bond acceptors (Lipinski definition) is 4. The normalized spacial score (nSPS) is 17.8. The standard InChI is InChI=1S/C17H23N5O2/c1-12(2)24-16-13(6-5-8-20-16)21-17(23)22-11-4-3-7-14(22)15-18-9-10-19-15/h5-6,8-10,12,14H,3-4,7,11H2,1-2H3,(H,18,19)(H,21,23). The van der Waals surface area contributed by atoms with Gasteiger partial charge in [-0.2, -0.15) is 0 Å². The molecule has 1 unspecified atom stereocenters. The van der Waals surface area contributed by atoms with Crippen LogP contribution in [-0.4, -0.2) is 38.5 Å². The maximum atomic E-state index is 12.8. The summed E-state index contributed by atoms with van der Waals surface area (Å²) in [6, 6.07) is 3.40. The van der Waals surface area contributed by atoms with Gasteiger partial charge in [0.1, 0.15) is 11.5 Å². The van der Waals surface area contributed by atoms with Crippen LogP contribution in [-0.2, 0) is 0 Å². The quantitative estimate of drug-likeness (QED) is 0.901. The Morgan fingerprint density at radius 1 is 1.38 bits per heavy atom. The zero-order valence-corrected chi connectivity index (χ0v) is 14.0. The van der Waals surface area contributed by atoms with Gasteiger partial charge in [-0.05, 0) is 45.2 Å². The summed E-state index contributed by atoms with van der Waals surface area (Å²) in [5.41, 5.74) is 0.583. The lowest BCUT2D eigenvalue weighted by molar-refractivity contribution is 0.159. The van der Waals surface area contributed by atoms with Gasteiger partial charge in [-0.25, -0.2) is 14.8 Å². The van der Waals surface area contributed by atoms with E-state index in [1.54, 1.807) is 30.7 Å². The summed E-state index contributed by atoms with van der Waals surface area (Å²) in [6.07, 6.45) is 8.13. The summed E-state index contributed by atoms with van der Waals surface area (Å²) in [5, 5.41) is 2.94. The number of pyridine rings is 1. The molecule has 1 aliphatic heterocycles. The summed E-state index contributed by atoms with van der Waals surface area (Å²) < 4.78 is 5.67. The topological polar surface area (TPSA) is 83.1 Å². The molecule has 2 amide bonds. The van der Waals surface area contributed by atoms with Crippen molar-refractivity contribution in [2.75, 3.05) is 11.9 Å². The van der Waals surface area contributed by atoms with Gasteiger partial charge < -0.3 is 19.9 Å². The molecule has 7 nitrogen and oxygen atoms in total. The van der Waals surface area contributed by atoms with E-state index in [2.05, 4.69) is 20.3 Å². The molecule has 7 heteroatoms. The molecule has 0 aromatic carbocycles. The summed E-state index contributed by atoms with van der Waals surface area (Å²) in [7, 11) is 0. The fourth-order valence-electron chi connectivity index (χ4n) is 2.91. The number of piperidine rings is 1. The van der Waals surface area contributed by atoms with Crippen molar-refractivity contribution >= 4 is 11.7 Å². The van der Waals surface area contributed by atoms with E-state index in [4.69, 9.17) is 4.74 Å². The minimum absolute atomic E-state index is 0.0126. The second-order valence-corrected chi connectivity index (χ2v) is 6.13. The van der Waals surface area contributed by atoms with Crippen LogP contribution in [0.1, 0.15) is 45.0 Å². The first-order valence-corrected chi connectivity index (χ1v) is 8.33. The Kier molecular flexibility index (Phi) is 4.98. The summed E-state index contributed by atoms with van der Waals surface area (Å²) in [6.45, 7) is 4.56. The van der Waals surface area contributed by atoms with Crippen molar-refractivity contribution in [3.63, 3.8) is 0 Å². The Hall–Kier alpha value is -2.57. The highest BCUT2D eigenvalue weighted by Gasteiger charge is 2.30. The molecule has 1 aliphatic rings. The number of aromatic amines is 1. The SMILES string of the molecule is CC(C)Oc1ncccc1NC(=O)N1CCCCC1c1ncc[nH]1. The van der Waals surface area contributed by atoms with Crippen LogP contribution in [0, 0.1) is 0 Å². The van der Waals surface area contributed by atoms with E-state index in [9.17, 15) is 4.79 Å². The van der Waals surface area contributed by atoms with Gasteiger partial charge in [-0.1, -0.05) is 0 Å². The van der Waals surface area contributed by atoms with Gasteiger partial charge in [0.15, 0.2) is 0 Å². The molecule has 1 fully saturated rings. The molecule has 0 bridgehead atoms. The average molecular weight is 329 g/mol. The van der Waals surface area contributed by atoms with Gasteiger partial charge in [0.2, 0.25) is 5.88 Å². The van der Waals surface area contributed by atoms with Crippen molar-refractivity contribution in [2.24, 2.45) is 0 Å². The van der Waals surface area contributed by atoms with Crippen molar-refractivity contribution in [1.82, 2.24) is 19.9 Å². The Morgan fingerprint density at radius 2 is 2.25 bits per heavy atom. The number of aromatic nitrogens is 3. The lowest BCUT2D eigenvalue weighted by atomic mass is 10.0. The number of hydrogen-bond donors (Lipinski definition) is 2. The molecule has 3 rings (SSSR count). The van der Waals surface area contributed by atoms with Crippen molar-refractivity contribution in [1.29, 1.82) is 0 Å². The van der Waals surface area contributed by atoms with E-state index in [0.29, 0.717) is 18.1 Å². The minimum atomic E-state index is -0.155. The fraction of sp³-hybridized carbons (Fsp3) is 0.471. The van der Waals surface area contributed by atoms with Gasteiger partial charge in [0, 0.05) is 25.1 Å². The van der Waals surface area contributed by atoms with Gasteiger partial charge in [0.25, 0.3) is 0 Å². The first-order valence-electron chi connectivity index (χ1n) is 8.33. The Bertz CT molecular complexity index is 671. The molecule has 0 aliphatic carbocycles. The number of H-pyrrole nitrogens is 1. The first-order chi connectivity index (χ1) is 11.6. The lowest BCUT2D eigenvalue weighted by Crippen LogP contribution is -2.41. The van der Waals surface area contributed by atoms with E-state index < -0.39 is 0 Å². The maximum absolute atomic E-state index is 12.8. The van der Waals surface area contributed by atoms with E-state index >= 15 is 0 Å². The molecule has 1 atom stereocenters. The third-order valence-electron chi connectivity index (χ3n) is 3.96. The van der Waals surface area contributed by atoms with Crippen LogP contribution in [0.4, 0.5) is 10.5 Å². The second-order valence-electron chi connectivity index (χ2n) is 6.13. The number of amides is 2. The number of ether oxygens (including phenoxy) is 1. The first kappa shape index (κ1) is 16.3. The van der Waals surface area contributed by atoms with Crippen LogP contribution in [0.25, 0.3) is 0 Å². The Labute approximate surface area is 141 Å². The molecule has 2 aromatic heterocycles.